The number of hydrogen-bond acceptors (Lipinski definition) is 10. The average Bonchev–Trinajstić information content (AvgIpc) is 2.98. The summed E-state index contributed by atoms with van der Waals surface area (Å²) in [6, 6.07) is 11.0. The van der Waals surface area contributed by atoms with E-state index in [1.54, 1.807) is 20.8 Å². The highest BCUT2D eigenvalue weighted by atomic mass is 19.4. The van der Waals surface area contributed by atoms with Gasteiger partial charge in [0, 0.05) is 29.4 Å². The Hall–Kier alpha value is -5.87. The van der Waals surface area contributed by atoms with Crippen molar-refractivity contribution >= 4 is 35.0 Å². The molecular formula is C29H29F3N6O8. The zero-order chi connectivity index (χ0) is 34.2. The van der Waals surface area contributed by atoms with Gasteiger partial charge in [0.2, 0.25) is 0 Å². The first-order valence-corrected chi connectivity index (χ1v) is 13.4. The minimum Gasteiger partial charge on any atom is -0.490 e. The number of non-ortho nitro benzene ring substituents is 1. The van der Waals surface area contributed by atoms with E-state index in [0.29, 0.717) is 5.75 Å². The number of halogens is 3. The van der Waals surface area contributed by atoms with Crippen LogP contribution in [-0.2, 0) is 9.59 Å². The maximum atomic E-state index is 13.5. The molecule has 14 nitrogen and oxygen atoms in total. The number of benzene rings is 3. The molecule has 0 aromatic heterocycles. The third kappa shape index (κ3) is 9.07. The number of carbonyl (C=O) groups excluding carboxylic acids is 3. The third-order valence-electron chi connectivity index (χ3n) is 5.88. The smallest absolute Gasteiger partial charge is 0.490 e. The van der Waals surface area contributed by atoms with E-state index in [0.717, 1.165) is 24.3 Å². The molecule has 0 aliphatic heterocycles. The Morgan fingerprint density at radius 1 is 0.978 bits per heavy atom. The van der Waals surface area contributed by atoms with Crippen LogP contribution in [0.5, 0.6) is 17.2 Å². The van der Waals surface area contributed by atoms with Crippen LogP contribution >= 0.6 is 0 Å². The van der Waals surface area contributed by atoms with Gasteiger partial charge in [0.1, 0.15) is 17.6 Å². The predicted octanol–water partition coefficient (Wildman–Crippen LogP) is 4.15. The van der Waals surface area contributed by atoms with Crippen LogP contribution in [0.4, 0.5) is 24.5 Å². The number of hydrazine groups is 1. The molecule has 0 aliphatic carbocycles. The zero-order valence-corrected chi connectivity index (χ0v) is 24.6. The molecule has 0 aliphatic rings. The fourth-order valence-electron chi connectivity index (χ4n) is 3.86. The molecular weight excluding hydrogens is 617 g/mol. The summed E-state index contributed by atoms with van der Waals surface area (Å²) in [7, 11) is 0. The van der Waals surface area contributed by atoms with Gasteiger partial charge in [-0.05, 0) is 62.7 Å². The van der Waals surface area contributed by atoms with Crippen molar-refractivity contribution in [2.24, 2.45) is 5.73 Å². The Balaban J connectivity index is 1.98. The van der Waals surface area contributed by atoms with E-state index in [2.05, 4.69) is 20.9 Å². The lowest BCUT2D eigenvalue weighted by atomic mass is 10.0. The summed E-state index contributed by atoms with van der Waals surface area (Å²) in [6.07, 6.45) is -5.58. The minimum absolute atomic E-state index is 0.0137. The van der Waals surface area contributed by atoms with Crippen molar-refractivity contribution in [1.29, 1.82) is 5.41 Å². The monoisotopic (exact) mass is 646 g/mol. The molecule has 0 spiro atoms. The van der Waals surface area contributed by atoms with E-state index in [9.17, 15) is 37.7 Å². The first kappa shape index (κ1) is 34.6. The quantitative estimate of drug-likeness (QED) is 0.0474. The Kier molecular flexibility index (Phi) is 11.1. The molecule has 244 valence electrons. The van der Waals surface area contributed by atoms with Gasteiger partial charge in [0.25, 0.3) is 17.5 Å². The van der Waals surface area contributed by atoms with Gasteiger partial charge in [-0.15, -0.1) is 0 Å². The van der Waals surface area contributed by atoms with Crippen LogP contribution in [0.1, 0.15) is 48.3 Å². The van der Waals surface area contributed by atoms with Crippen LogP contribution in [0, 0.1) is 15.5 Å². The van der Waals surface area contributed by atoms with Crippen molar-refractivity contribution in [3.05, 3.63) is 87.5 Å². The highest BCUT2D eigenvalue weighted by molar-refractivity contribution is 5.99. The van der Waals surface area contributed by atoms with Crippen molar-refractivity contribution in [1.82, 2.24) is 10.9 Å². The summed E-state index contributed by atoms with van der Waals surface area (Å²) < 4.78 is 54.7. The highest BCUT2D eigenvalue weighted by Crippen LogP contribution is 2.34. The summed E-state index contributed by atoms with van der Waals surface area (Å²) in [5, 5.41) is 21.3. The Bertz CT molecular complexity index is 1630. The van der Waals surface area contributed by atoms with Gasteiger partial charge >= 0.3 is 12.1 Å². The number of esters is 1. The zero-order valence-electron chi connectivity index (χ0n) is 24.6. The summed E-state index contributed by atoms with van der Waals surface area (Å²) in [4.78, 5) is 47.9. The van der Waals surface area contributed by atoms with Crippen molar-refractivity contribution in [3.8, 4) is 17.2 Å². The van der Waals surface area contributed by atoms with Gasteiger partial charge < -0.3 is 25.3 Å². The van der Waals surface area contributed by atoms with Crippen molar-refractivity contribution in [2.75, 3.05) is 11.9 Å². The van der Waals surface area contributed by atoms with Crippen LogP contribution in [0.3, 0.4) is 0 Å². The largest absolute Gasteiger partial charge is 0.491 e. The topological polar surface area (TPSA) is 208 Å². The fourth-order valence-corrected chi connectivity index (χ4v) is 3.86. The number of anilines is 1. The number of nitrogens with zero attached hydrogens (tertiary/aromatic N) is 1. The number of nitro benzene ring substituents is 1. The van der Waals surface area contributed by atoms with E-state index in [1.165, 1.54) is 36.4 Å². The summed E-state index contributed by atoms with van der Waals surface area (Å²) in [5.74, 6) is -5.03. The number of nitrogens with one attached hydrogen (secondary N) is 4. The van der Waals surface area contributed by atoms with Crippen molar-refractivity contribution in [2.45, 2.75) is 39.1 Å². The Morgan fingerprint density at radius 2 is 1.65 bits per heavy atom. The van der Waals surface area contributed by atoms with Crippen molar-refractivity contribution in [3.63, 3.8) is 0 Å². The Labute approximate surface area is 259 Å². The molecule has 0 saturated heterocycles. The number of hydrogen-bond donors (Lipinski definition) is 5. The summed E-state index contributed by atoms with van der Waals surface area (Å²) >= 11 is 0. The lowest BCUT2D eigenvalue weighted by Gasteiger charge is -2.23. The number of rotatable bonds is 12. The maximum absolute atomic E-state index is 13.5. The summed E-state index contributed by atoms with van der Waals surface area (Å²) in [5.41, 5.74) is 9.49. The van der Waals surface area contributed by atoms with Crippen LogP contribution < -0.4 is 36.1 Å². The fraction of sp³-hybridized carbons (Fsp3) is 0.241. The number of carbonyl (C=O) groups is 3. The molecule has 0 bridgehead atoms. The number of nitro groups is 1. The first-order valence-electron chi connectivity index (χ1n) is 13.4. The van der Waals surface area contributed by atoms with Gasteiger partial charge in [0.15, 0.2) is 11.5 Å². The SMILES string of the molecule is CCOc1cc(C(Nc2ccc(C(=N)N)c(OC(=O)C(F)(F)F)c2)C(=O)NNC(=O)c2ccc([N+](=O)[O-])cc2)ccc1OC(C)C. The molecule has 3 aromatic rings. The van der Waals surface area contributed by atoms with Crippen molar-refractivity contribution < 1.29 is 46.7 Å². The van der Waals surface area contributed by atoms with Gasteiger partial charge in [-0.3, -0.25) is 36.0 Å². The normalized spacial score (nSPS) is 11.6. The number of nitrogens with two attached hydrogens (primary N) is 1. The second-order valence-electron chi connectivity index (χ2n) is 9.64. The van der Waals surface area contributed by atoms with E-state index in [-0.39, 0.29) is 46.5 Å². The van der Waals surface area contributed by atoms with E-state index >= 15 is 0 Å². The number of nitrogen functional groups attached to an aromatic ring is 1. The molecule has 0 saturated carbocycles. The molecule has 17 heteroatoms. The second-order valence-corrected chi connectivity index (χ2v) is 9.64. The molecule has 46 heavy (non-hydrogen) atoms. The van der Waals surface area contributed by atoms with E-state index in [4.69, 9.17) is 20.6 Å². The standard InChI is InChI=1S/C29H29F3N6O8/c1-4-44-23-13-17(7-12-21(23)45-15(2)3)24(27(40)37-36-26(39)16-5-9-19(10-6-16)38(42)43)35-18-8-11-20(25(33)34)22(14-18)46-28(41)29(30,31)32/h5-15,24,35H,4H2,1-3H3,(H3,33,34)(H,36,39)(H,37,40). The molecule has 0 heterocycles. The lowest BCUT2D eigenvalue weighted by Crippen LogP contribution is -2.45. The number of ether oxygens (including phenoxy) is 3. The molecule has 3 rings (SSSR count). The lowest BCUT2D eigenvalue weighted by molar-refractivity contribution is -0.384. The van der Waals surface area contributed by atoms with Gasteiger partial charge in [-0.2, -0.15) is 13.2 Å². The number of alkyl halides is 3. The molecule has 1 unspecified atom stereocenters. The summed E-state index contributed by atoms with van der Waals surface area (Å²) in [6.45, 7) is 5.54. The first-order chi connectivity index (χ1) is 21.6. The molecule has 3 aromatic carbocycles. The molecule has 1 atom stereocenters. The van der Waals surface area contributed by atoms with Gasteiger partial charge in [-0.25, -0.2) is 4.79 Å². The maximum Gasteiger partial charge on any atom is 0.491 e. The minimum atomic E-state index is -5.35. The van der Waals surface area contributed by atoms with E-state index < -0.39 is 46.5 Å². The van der Waals surface area contributed by atoms with Crippen LogP contribution in [0.15, 0.2) is 60.7 Å². The molecule has 6 N–H and O–H groups in total. The highest BCUT2D eigenvalue weighted by Gasteiger charge is 2.42. The van der Waals surface area contributed by atoms with Crippen LogP contribution in [0.25, 0.3) is 0 Å². The molecule has 0 fully saturated rings. The second kappa shape index (κ2) is 14.7. The molecule has 2 amide bonds. The average molecular weight is 647 g/mol. The van der Waals surface area contributed by atoms with Gasteiger partial charge in [-0.1, -0.05) is 6.07 Å². The van der Waals surface area contributed by atoms with Gasteiger partial charge in [0.05, 0.1) is 23.2 Å². The molecule has 0 radical (unpaired) electrons. The Morgan fingerprint density at radius 3 is 2.22 bits per heavy atom. The van der Waals surface area contributed by atoms with Crippen LogP contribution in [-0.4, -0.2) is 47.4 Å². The van der Waals surface area contributed by atoms with E-state index in [1.807, 2.05) is 0 Å². The third-order valence-corrected chi connectivity index (χ3v) is 5.88. The number of amides is 2. The predicted molar refractivity (Wildman–Crippen MR) is 158 cm³/mol. The van der Waals surface area contributed by atoms with Crippen LogP contribution in [0.2, 0.25) is 0 Å². The number of amidine groups is 1.